The van der Waals surface area contributed by atoms with Crippen LogP contribution in [0.4, 0.5) is 0 Å². The number of nitrogens with two attached hydrogens (primary N) is 2. The summed E-state index contributed by atoms with van der Waals surface area (Å²) in [4.78, 5) is 26.7. The van der Waals surface area contributed by atoms with Crippen LogP contribution in [0.1, 0.15) is 25.7 Å². The third-order valence-electron chi connectivity index (χ3n) is 4.26. The maximum atomic E-state index is 12.2. The number of piperazine rings is 1. The molecular formula is C13H24N4O3. The highest BCUT2D eigenvalue weighted by molar-refractivity contribution is 5.82. The molecule has 7 nitrogen and oxygen atoms in total. The molecule has 0 saturated carbocycles. The van der Waals surface area contributed by atoms with Crippen LogP contribution in [0, 0.1) is 0 Å². The Morgan fingerprint density at radius 3 is 2.45 bits per heavy atom. The molecule has 5 N–H and O–H groups in total. The number of hydrogen-bond acceptors (Lipinski definition) is 5. The molecule has 3 unspecified atom stereocenters. The summed E-state index contributed by atoms with van der Waals surface area (Å²) in [5.74, 6) is -0.815. The number of carbonyl (C=O) groups excluding carboxylic acids is 1. The van der Waals surface area contributed by atoms with Crippen molar-refractivity contribution in [1.82, 2.24) is 9.80 Å². The molecule has 20 heavy (non-hydrogen) atoms. The summed E-state index contributed by atoms with van der Waals surface area (Å²) in [6.07, 6.45) is 3.41. The summed E-state index contributed by atoms with van der Waals surface area (Å²) in [6.45, 7) is 1.90. The van der Waals surface area contributed by atoms with Crippen LogP contribution in [0.5, 0.6) is 0 Å². The molecule has 3 aliphatic rings. The van der Waals surface area contributed by atoms with E-state index in [1.54, 1.807) is 4.90 Å². The molecule has 3 atom stereocenters. The average Bonchev–Trinajstić information content (AvgIpc) is 2.44. The fourth-order valence-electron chi connectivity index (χ4n) is 3.15. The molecule has 3 saturated heterocycles. The van der Waals surface area contributed by atoms with Crippen molar-refractivity contribution in [1.29, 1.82) is 0 Å². The van der Waals surface area contributed by atoms with Crippen molar-refractivity contribution in [3.05, 3.63) is 0 Å². The predicted molar refractivity (Wildman–Crippen MR) is 74.0 cm³/mol. The SMILES string of the molecule is NCCCCC(N)C(=O)N1CC2CC(C1)N2CC(=O)O. The molecule has 2 bridgehead atoms. The molecule has 3 heterocycles. The van der Waals surface area contributed by atoms with Gasteiger partial charge >= 0.3 is 5.97 Å². The van der Waals surface area contributed by atoms with Gasteiger partial charge in [-0.15, -0.1) is 0 Å². The van der Waals surface area contributed by atoms with Crippen molar-refractivity contribution in [3.63, 3.8) is 0 Å². The number of nitrogens with zero attached hydrogens (tertiary/aromatic N) is 2. The van der Waals surface area contributed by atoms with Gasteiger partial charge in [-0.1, -0.05) is 6.42 Å². The molecule has 3 fully saturated rings. The van der Waals surface area contributed by atoms with E-state index in [0.717, 1.165) is 19.3 Å². The van der Waals surface area contributed by atoms with Gasteiger partial charge in [0.15, 0.2) is 0 Å². The molecule has 114 valence electrons. The van der Waals surface area contributed by atoms with Crippen LogP contribution in [0.15, 0.2) is 0 Å². The third kappa shape index (κ3) is 3.28. The first-order chi connectivity index (χ1) is 9.52. The molecule has 3 rings (SSSR count). The number of rotatable bonds is 7. The zero-order chi connectivity index (χ0) is 14.7. The van der Waals surface area contributed by atoms with E-state index in [2.05, 4.69) is 0 Å². The number of piperidine rings is 1. The Morgan fingerprint density at radius 1 is 1.25 bits per heavy atom. The lowest BCUT2D eigenvalue weighted by Gasteiger charge is -2.56. The lowest BCUT2D eigenvalue weighted by Crippen LogP contribution is -2.71. The Balaban J connectivity index is 1.79. The number of amides is 1. The smallest absolute Gasteiger partial charge is 0.317 e. The van der Waals surface area contributed by atoms with Crippen molar-refractivity contribution < 1.29 is 14.7 Å². The van der Waals surface area contributed by atoms with Gasteiger partial charge in [-0.3, -0.25) is 14.5 Å². The molecule has 7 heteroatoms. The molecule has 1 amide bonds. The number of carboxylic acid groups (broad SMARTS) is 1. The van der Waals surface area contributed by atoms with Gasteiger partial charge in [-0.25, -0.2) is 0 Å². The van der Waals surface area contributed by atoms with Crippen molar-refractivity contribution >= 4 is 11.9 Å². The summed E-state index contributed by atoms with van der Waals surface area (Å²) in [5, 5.41) is 8.84. The molecule has 0 aromatic heterocycles. The molecule has 0 aromatic rings. The van der Waals surface area contributed by atoms with E-state index < -0.39 is 12.0 Å². The second-order valence-corrected chi connectivity index (χ2v) is 5.74. The lowest BCUT2D eigenvalue weighted by molar-refractivity contribution is -0.153. The van der Waals surface area contributed by atoms with E-state index in [9.17, 15) is 9.59 Å². The number of carboxylic acids is 1. The van der Waals surface area contributed by atoms with Crippen LogP contribution in [0.2, 0.25) is 0 Å². The van der Waals surface area contributed by atoms with Crippen molar-refractivity contribution in [2.45, 2.75) is 43.8 Å². The van der Waals surface area contributed by atoms with Gasteiger partial charge in [0.2, 0.25) is 5.91 Å². The van der Waals surface area contributed by atoms with Gasteiger partial charge in [0, 0.05) is 25.2 Å². The maximum Gasteiger partial charge on any atom is 0.317 e. The van der Waals surface area contributed by atoms with E-state index in [1.165, 1.54) is 0 Å². The fraction of sp³-hybridized carbons (Fsp3) is 0.846. The number of hydrogen-bond donors (Lipinski definition) is 3. The molecule has 0 aliphatic carbocycles. The normalized spacial score (nSPS) is 27.0. The average molecular weight is 284 g/mol. The zero-order valence-electron chi connectivity index (χ0n) is 11.7. The maximum absolute atomic E-state index is 12.2. The quantitative estimate of drug-likeness (QED) is 0.507. The molecule has 3 aliphatic heterocycles. The Bertz CT molecular complexity index is 365. The Labute approximate surface area is 118 Å². The summed E-state index contributed by atoms with van der Waals surface area (Å²) in [6, 6.07) is -0.0814. The van der Waals surface area contributed by atoms with Crippen molar-refractivity contribution in [2.24, 2.45) is 11.5 Å². The highest BCUT2D eigenvalue weighted by Crippen LogP contribution is 2.32. The van der Waals surface area contributed by atoms with Crippen LogP contribution in [0.3, 0.4) is 0 Å². The molecule has 0 radical (unpaired) electrons. The zero-order valence-corrected chi connectivity index (χ0v) is 11.7. The van der Waals surface area contributed by atoms with E-state index in [4.69, 9.17) is 16.6 Å². The first-order valence-electron chi connectivity index (χ1n) is 7.25. The minimum atomic E-state index is -0.807. The first kappa shape index (κ1) is 15.2. The lowest BCUT2D eigenvalue weighted by atomic mass is 9.87. The minimum absolute atomic E-state index is 0.00769. The van der Waals surface area contributed by atoms with Gasteiger partial charge in [-0.05, 0) is 25.8 Å². The third-order valence-corrected chi connectivity index (χ3v) is 4.26. The second-order valence-electron chi connectivity index (χ2n) is 5.74. The van der Waals surface area contributed by atoms with Gasteiger partial charge in [0.1, 0.15) is 0 Å². The van der Waals surface area contributed by atoms with Gasteiger partial charge in [0.05, 0.1) is 12.6 Å². The predicted octanol–water partition coefficient (Wildman–Crippen LogP) is -1.19. The monoisotopic (exact) mass is 284 g/mol. The van der Waals surface area contributed by atoms with E-state index in [-0.39, 0.29) is 24.5 Å². The highest BCUT2D eigenvalue weighted by atomic mass is 16.4. The van der Waals surface area contributed by atoms with E-state index in [0.29, 0.717) is 26.1 Å². The van der Waals surface area contributed by atoms with Gasteiger partial charge in [-0.2, -0.15) is 0 Å². The fourth-order valence-corrected chi connectivity index (χ4v) is 3.15. The highest BCUT2D eigenvalue weighted by Gasteiger charge is 2.46. The summed E-state index contributed by atoms with van der Waals surface area (Å²) in [7, 11) is 0. The van der Waals surface area contributed by atoms with Crippen LogP contribution in [-0.4, -0.2) is 71.1 Å². The largest absolute Gasteiger partial charge is 0.480 e. The summed E-state index contributed by atoms with van der Waals surface area (Å²) >= 11 is 0. The molecule has 0 spiro atoms. The van der Waals surface area contributed by atoms with Gasteiger partial charge < -0.3 is 21.5 Å². The Kier molecular flexibility index (Phi) is 4.95. The van der Waals surface area contributed by atoms with Gasteiger partial charge in [0.25, 0.3) is 0 Å². The van der Waals surface area contributed by atoms with Crippen molar-refractivity contribution in [2.75, 3.05) is 26.2 Å². The second kappa shape index (κ2) is 6.51. The number of fused-ring (bicyclic) bond motifs is 2. The summed E-state index contributed by atoms with van der Waals surface area (Å²) < 4.78 is 0. The van der Waals surface area contributed by atoms with Crippen LogP contribution in [0.25, 0.3) is 0 Å². The van der Waals surface area contributed by atoms with E-state index >= 15 is 0 Å². The number of carbonyl (C=O) groups is 2. The minimum Gasteiger partial charge on any atom is -0.480 e. The number of aliphatic carboxylic acids is 1. The number of unbranched alkanes of at least 4 members (excludes halogenated alkanes) is 1. The van der Waals surface area contributed by atoms with Crippen molar-refractivity contribution in [3.8, 4) is 0 Å². The standard InChI is InChI=1S/C13H24N4O3/c14-4-2-1-3-11(15)13(20)16-6-9-5-10(7-16)17(9)8-12(18)19/h9-11H,1-8,14-15H2,(H,18,19). The van der Waals surface area contributed by atoms with Crippen LogP contribution >= 0.6 is 0 Å². The topological polar surface area (TPSA) is 113 Å². The van der Waals surface area contributed by atoms with E-state index in [1.807, 2.05) is 4.90 Å². The van der Waals surface area contributed by atoms with Crippen LogP contribution in [-0.2, 0) is 9.59 Å². The van der Waals surface area contributed by atoms with Crippen LogP contribution < -0.4 is 11.5 Å². The first-order valence-corrected chi connectivity index (χ1v) is 7.25. The Morgan fingerprint density at radius 2 is 1.90 bits per heavy atom. The Hall–Kier alpha value is -1.18. The molecular weight excluding hydrogens is 260 g/mol. The molecule has 0 aromatic carbocycles. The summed E-state index contributed by atoms with van der Waals surface area (Å²) in [5.41, 5.74) is 11.3.